The zero-order valence-electron chi connectivity index (χ0n) is 8.40. The molecule has 0 spiro atoms. The van der Waals surface area contributed by atoms with E-state index in [0.29, 0.717) is 0 Å². The van der Waals surface area contributed by atoms with Gasteiger partial charge in [-0.25, -0.2) is 0 Å². The third kappa shape index (κ3) is 2.33. The van der Waals surface area contributed by atoms with Crippen molar-refractivity contribution in [2.75, 3.05) is 13.7 Å². The fourth-order valence-electron chi connectivity index (χ4n) is 1.67. The molecule has 1 aromatic heterocycles. The Kier molecular flexibility index (Phi) is 3.29. The van der Waals surface area contributed by atoms with Gasteiger partial charge in [-0.05, 0) is 18.6 Å². The molecular formula is C10H12ClNO2S. The number of carbonyl (C=O) groups is 1. The number of hydrogen-bond acceptors (Lipinski definition) is 4. The van der Waals surface area contributed by atoms with E-state index in [9.17, 15) is 4.79 Å². The summed E-state index contributed by atoms with van der Waals surface area (Å²) in [6, 6.07) is 3.82. The zero-order valence-corrected chi connectivity index (χ0v) is 9.98. The number of ether oxygens (including phenoxy) is 1. The van der Waals surface area contributed by atoms with Crippen LogP contribution in [-0.4, -0.2) is 30.6 Å². The lowest BCUT2D eigenvalue weighted by atomic mass is 10.0. The van der Waals surface area contributed by atoms with Gasteiger partial charge in [0.15, 0.2) is 0 Å². The number of esters is 1. The van der Waals surface area contributed by atoms with Crippen molar-refractivity contribution in [3.8, 4) is 0 Å². The van der Waals surface area contributed by atoms with Gasteiger partial charge in [-0.2, -0.15) is 0 Å². The van der Waals surface area contributed by atoms with Crippen molar-refractivity contribution < 1.29 is 9.53 Å². The Bertz CT molecular complexity index is 366. The minimum Gasteiger partial charge on any atom is -0.468 e. The molecule has 0 bridgehead atoms. The molecule has 1 fully saturated rings. The molecule has 0 radical (unpaired) electrons. The molecule has 1 unspecified atom stereocenters. The Morgan fingerprint density at radius 2 is 2.53 bits per heavy atom. The fraction of sp³-hybridized carbons (Fsp3) is 0.500. The third-order valence-corrected chi connectivity index (χ3v) is 3.81. The van der Waals surface area contributed by atoms with Crippen LogP contribution < -0.4 is 0 Å². The van der Waals surface area contributed by atoms with E-state index in [0.717, 1.165) is 23.8 Å². The van der Waals surface area contributed by atoms with Crippen molar-refractivity contribution in [1.82, 2.24) is 4.90 Å². The molecule has 2 rings (SSSR count). The molecule has 0 amide bonds. The maximum absolute atomic E-state index is 11.3. The number of hydrogen-bond donors (Lipinski definition) is 0. The summed E-state index contributed by atoms with van der Waals surface area (Å²) in [5, 5.41) is 0. The maximum atomic E-state index is 11.3. The molecule has 1 aliphatic rings. The van der Waals surface area contributed by atoms with Gasteiger partial charge in [0.1, 0.15) is 6.04 Å². The zero-order chi connectivity index (χ0) is 10.8. The summed E-state index contributed by atoms with van der Waals surface area (Å²) in [6.45, 7) is 1.74. The minimum absolute atomic E-state index is 0.0594. The van der Waals surface area contributed by atoms with Crippen LogP contribution in [0.15, 0.2) is 12.1 Å². The molecule has 15 heavy (non-hydrogen) atoms. The number of methoxy groups -OCH3 is 1. The van der Waals surface area contributed by atoms with Crippen LogP contribution in [0.25, 0.3) is 0 Å². The Morgan fingerprint density at radius 3 is 3.00 bits per heavy atom. The molecule has 0 aliphatic carbocycles. The van der Waals surface area contributed by atoms with Crippen molar-refractivity contribution in [2.45, 2.75) is 19.0 Å². The maximum Gasteiger partial charge on any atom is 0.323 e. The van der Waals surface area contributed by atoms with Crippen LogP contribution >= 0.6 is 22.9 Å². The highest BCUT2D eigenvalue weighted by atomic mass is 35.5. The number of halogens is 1. The van der Waals surface area contributed by atoms with Crippen LogP contribution in [-0.2, 0) is 16.1 Å². The van der Waals surface area contributed by atoms with E-state index >= 15 is 0 Å². The molecule has 1 saturated heterocycles. The second-order valence-electron chi connectivity index (χ2n) is 3.50. The summed E-state index contributed by atoms with van der Waals surface area (Å²) in [5.41, 5.74) is 0. The van der Waals surface area contributed by atoms with Crippen LogP contribution in [0.3, 0.4) is 0 Å². The first-order valence-electron chi connectivity index (χ1n) is 4.77. The van der Waals surface area contributed by atoms with Gasteiger partial charge in [0.05, 0.1) is 11.4 Å². The molecule has 1 aliphatic heterocycles. The summed E-state index contributed by atoms with van der Waals surface area (Å²) in [6.07, 6.45) is 0.895. The average Bonchev–Trinajstić information content (AvgIpc) is 2.58. The second kappa shape index (κ2) is 4.51. The molecule has 1 aromatic rings. The molecular weight excluding hydrogens is 234 g/mol. The van der Waals surface area contributed by atoms with Crippen molar-refractivity contribution in [1.29, 1.82) is 0 Å². The monoisotopic (exact) mass is 245 g/mol. The first-order valence-corrected chi connectivity index (χ1v) is 5.96. The molecule has 82 valence electrons. The lowest BCUT2D eigenvalue weighted by Crippen LogP contribution is -2.51. The van der Waals surface area contributed by atoms with E-state index in [2.05, 4.69) is 4.90 Å². The van der Waals surface area contributed by atoms with Gasteiger partial charge in [0, 0.05) is 18.0 Å². The Labute approximate surface area is 97.6 Å². The Morgan fingerprint density at radius 1 is 1.73 bits per heavy atom. The first-order chi connectivity index (χ1) is 7.20. The predicted octanol–water partition coefficient (Wildman–Crippen LogP) is 2.15. The lowest BCUT2D eigenvalue weighted by molar-refractivity contribution is -0.152. The smallest absolute Gasteiger partial charge is 0.323 e. The van der Waals surface area contributed by atoms with E-state index in [4.69, 9.17) is 16.3 Å². The Hall–Kier alpha value is -0.580. The SMILES string of the molecule is COC(=O)C1CCN1Cc1ccc(Cl)s1. The summed E-state index contributed by atoms with van der Waals surface area (Å²) >= 11 is 7.40. The second-order valence-corrected chi connectivity index (χ2v) is 5.30. The number of carbonyl (C=O) groups excluding carboxylic acids is 1. The van der Waals surface area contributed by atoms with Crippen molar-refractivity contribution in [3.05, 3.63) is 21.3 Å². The van der Waals surface area contributed by atoms with E-state index in [1.54, 1.807) is 11.3 Å². The standard InChI is InChI=1S/C10H12ClNO2S/c1-14-10(13)8-4-5-12(8)6-7-2-3-9(11)15-7/h2-3,8H,4-6H2,1H3. The van der Waals surface area contributed by atoms with Gasteiger partial charge in [0.2, 0.25) is 0 Å². The molecule has 5 heteroatoms. The van der Waals surface area contributed by atoms with Gasteiger partial charge < -0.3 is 4.74 Å². The first kappa shape index (κ1) is 10.9. The highest BCUT2D eigenvalue weighted by Crippen LogP contribution is 2.27. The predicted molar refractivity (Wildman–Crippen MR) is 60.2 cm³/mol. The van der Waals surface area contributed by atoms with Crippen molar-refractivity contribution in [3.63, 3.8) is 0 Å². The number of thiophene rings is 1. The molecule has 0 saturated carbocycles. The van der Waals surface area contributed by atoms with Gasteiger partial charge in [-0.15, -0.1) is 11.3 Å². The van der Waals surface area contributed by atoms with Crippen LogP contribution in [0.5, 0.6) is 0 Å². The quantitative estimate of drug-likeness (QED) is 0.765. The number of likely N-dealkylation sites (tertiary alicyclic amines) is 1. The van der Waals surface area contributed by atoms with E-state index in [-0.39, 0.29) is 12.0 Å². The van der Waals surface area contributed by atoms with Crippen LogP contribution in [0.4, 0.5) is 0 Å². The van der Waals surface area contributed by atoms with Gasteiger partial charge in [0.25, 0.3) is 0 Å². The molecule has 1 atom stereocenters. The highest BCUT2D eigenvalue weighted by molar-refractivity contribution is 7.16. The van der Waals surface area contributed by atoms with E-state index < -0.39 is 0 Å². The highest BCUT2D eigenvalue weighted by Gasteiger charge is 2.34. The van der Waals surface area contributed by atoms with Crippen molar-refractivity contribution in [2.24, 2.45) is 0 Å². The van der Waals surface area contributed by atoms with Gasteiger partial charge in [-0.3, -0.25) is 9.69 Å². The largest absolute Gasteiger partial charge is 0.468 e. The summed E-state index contributed by atoms with van der Waals surface area (Å²) in [7, 11) is 1.43. The van der Waals surface area contributed by atoms with Crippen LogP contribution in [0, 0.1) is 0 Å². The molecule has 3 nitrogen and oxygen atoms in total. The fourth-order valence-corrected chi connectivity index (χ4v) is 2.78. The Balaban J connectivity index is 1.93. The van der Waals surface area contributed by atoms with Crippen molar-refractivity contribution >= 4 is 28.9 Å². The normalized spacial score (nSPS) is 21.1. The molecule has 0 N–H and O–H groups in total. The van der Waals surface area contributed by atoms with E-state index in [1.807, 2.05) is 12.1 Å². The average molecular weight is 246 g/mol. The summed E-state index contributed by atoms with van der Waals surface area (Å²) in [4.78, 5) is 14.6. The lowest BCUT2D eigenvalue weighted by Gasteiger charge is -2.38. The molecule has 0 aromatic carbocycles. The minimum atomic E-state index is -0.135. The topological polar surface area (TPSA) is 29.5 Å². The van der Waals surface area contributed by atoms with Crippen LogP contribution in [0.2, 0.25) is 4.34 Å². The molecule has 2 heterocycles. The summed E-state index contributed by atoms with van der Waals surface area (Å²) in [5.74, 6) is -0.135. The number of nitrogens with zero attached hydrogens (tertiary/aromatic N) is 1. The van der Waals surface area contributed by atoms with Gasteiger partial charge in [-0.1, -0.05) is 11.6 Å². The number of rotatable bonds is 3. The van der Waals surface area contributed by atoms with Crippen LogP contribution in [0.1, 0.15) is 11.3 Å². The summed E-state index contributed by atoms with van der Waals surface area (Å²) < 4.78 is 5.52. The van der Waals surface area contributed by atoms with E-state index in [1.165, 1.54) is 12.0 Å². The van der Waals surface area contributed by atoms with Gasteiger partial charge >= 0.3 is 5.97 Å². The third-order valence-electron chi connectivity index (χ3n) is 2.59.